The number of anilines is 1. The summed E-state index contributed by atoms with van der Waals surface area (Å²) in [5.41, 5.74) is 1.73. The highest BCUT2D eigenvalue weighted by Crippen LogP contribution is 2.29. The van der Waals surface area contributed by atoms with E-state index in [1.54, 1.807) is 35.0 Å². The van der Waals surface area contributed by atoms with Crippen molar-refractivity contribution in [2.75, 3.05) is 37.9 Å². The van der Waals surface area contributed by atoms with Gasteiger partial charge in [0.1, 0.15) is 0 Å². The molecule has 0 bridgehead atoms. The van der Waals surface area contributed by atoms with E-state index in [4.69, 9.17) is 9.47 Å². The van der Waals surface area contributed by atoms with Crippen molar-refractivity contribution in [3.63, 3.8) is 0 Å². The van der Waals surface area contributed by atoms with Crippen LogP contribution in [0.25, 0.3) is 5.69 Å². The van der Waals surface area contributed by atoms with Crippen molar-refractivity contribution in [1.82, 2.24) is 25.1 Å². The van der Waals surface area contributed by atoms with E-state index in [0.29, 0.717) is 34.5 Å². The number of carbonyl (C=O) groups excluding carboxylic acids is 2. The Hall–Kier alpha value is -3.60. The summed E-state index contributed by atoms with van der Waals surface area (Å²) >= 11 is 1.42. The number of hydrogen-bond donors (Lipinski definition) is 1. The zero-order valence-electron chi connectivity index (χ0n) is 19.8. The third-order valence-electron chi connectivity index (χ3n) is 5.54. The fourth-order valence-electron chi connectivity index (χ4n) is 3.80. The molecule has 2 amide bonds. The number of thioether (sulfide) groups is 1. The third kappa shape index (κ3) is 6.10. The second-order valence-electron chi connectivity index (χ2n) is 7.91. The van der Waals surface area contributed by atoms with Crippen molar-refractivity contribution in [2.45, 2.75) is 31.3 Å². The first-order valence-corrected chi connectivity index (χ1v) is 12.7. The fraction of sp³-hybridized carbons (Fsp3) is 0.375. The lowest BCUT2D eigenvalue weighted by molar-refractivity contribution is -0.134. The highest BCUT2D eigenvalue weighted by molar-refractivity contribution is 7.98. The highest BCUT2D eigenvalue weighted by atomic mass is 32.2. The number of carbonyl (C=O) groups is 2. The molecular formula is C24H28N6O4S. The quantitative estimate of drug-likeness (QED) is 0.449. The molecule has 0 aliphatic carbocycles. The van der Waals surface area contributed by atoms with E-state index >= 15 is 0 Å². The molecule has 1 fully saturated rings. The first-order valence-electron chi connectivity index (χ1n) is 11.5. The van der Waals surface area contributed by atoms with E-state index in [2.05, 4.69) is 20.8 Å². The summed E-state index contributed by atoms with van der Waals surface area (Å²) in [6.07, 6.45) is 5.10. The number of ether oxygens (including phenoxy) is 2. The van der Waals surface area contributed by atoms with Crippen molar-refractivity contribution in [2.24, 2.45) is 0 Å². The van der Waals surface area contributed by atoms with Crippen LogP contribution in [0.15, 0.2) is 47.6 Å². The molecule has 2 heterocycles. The summed E-state index contributed by atoms with van der Waals surface area (Å²) in [5, 5.41) is 15.2. The van der Waals surface area contributed by atoms with Gasteiger partial charge in [-0.2, -0.15) is 4.68 Å². The van der Waals surface area contributed by atoms with Gasteiger partial charge in [0, 0.05) is 24.3 Å². The fourth-order valence-corrected chi connectivity index (χ4v) is 4.23. The molecule has 184 valence electrons. The van der Waals surface area contributed by atoms with E-state index in [-0.39, 0.29) is 18.4 Å². The predicted octanol–water partition coefficient (Wildman–Crippen LogP) is 3.43. The number of aromatic nitrogens is 4. The van der Waals surface area contributed by atoms with Crippen LogP contribution in [0, 0.1) is 0 Å². The number of likely N-dealkylation sites (tertiary alicyclic amines) is 1. The summed E-state index contributed by atoms with van der Waals surface area (Å²) in [6, 6.07) is 12.2. The van der Waals surface area contributed by atoms with Crippen LogP contribution in [0.5, 0.6) is 11.5 Å². The van der Waals surface area contributed by atoms with Crippen LogP contribution in [-0.2, 0) is 4.79 Å². The minimum Gasteiger partial charge on any atom is -0.490 e. The first-order chi connectivity index (χ1) is 17.1. The molecule has 1 saturated heterocycles. The molecule has 11 heteroatoms. The maximum absolute atomic E-state index is 13.0. The number of rotatable bonds is 9. The molecule has 3 aromatic rings. The van der Waals surface area contributed by atoms with Crippen LogP contribution in [0.4, 0.5) is 5.69 Å². The molecule has 1 aliphatic heterocycles. The van der Waals surface area contributed by atoms with Gasteiger partial charge in [-0.25, -0.2) is 0 Å². The number of piperidine rings is 1. The third-order valence-corrected chi connectivity index (χ3v) is 6.16. The van der Waals surface area contributed by atoms with Crippen LogP contribution < -0.4 is 14.8 Å². The lowest BCUT2D eigenvalue weighted by Gasteiger charge is -2.26. The van der Waals surface area contributed by atoms with Crippen molar-refractivity contribution >= 4 is 29.3 Å². The Balaban J connectivity index is 1.45. The Morgan fingerprint density at radius 2 is 1.89 bits per heavy atom. The first kappa shape index (κ1) is 24.5. The zero-order valence-corrected chi connectivity index (χ0v) is 20.6. The lowest BCUT2D eigenvalue weighted by atomic mass is 10.1. The van der Waals surface area contributed by atoms with Gasteiger partial charge in [-0.15, -0.1) is 5.10 Å². The molecule has 2 aromatic carbocycles. The normalized spacial score (nSPS) is 13.4. The number of benzene rings is 2. The summed E-state index contributed by atoms with van der Waals surface area (Å²) in [5.74, 6) is 0.500. The number of hydrogen-bond acceptors (Lipinski definition) is 8. The molecule has 0 saturated carbocycles. The second kappa shape index (κ2) is 11.7. The van der Waals surface area contributed by atoms with Crippen molar-refractivity contribution < 1.29 is 19.1 Å². The Morgan fingerprint density at radius 3 is 2.66 bits per heavy atom. The molecule has 0 spiro atoms. The van der Waals surface area contributed by atoms with Crippen molar-refractivity contribution in [1.29, 1.82) is 0 Å². The van der Waals surface area contributed by atoms with Gasteiger partial charge < -0.3 is 19.7 Å². The summed E-state index contributed by atoms with van der Waals surface area (Å²) in [7, 11) is 0. The molecule has 35 heavy (non-hydrogen) atoms. The molecule has 1 aliphatic rings. The van der Waals surface area contributed by atoms with Crippen LogP contribution in [-0.4, -0.2) is 69.5 Å². The van der Waals surface area contributed by atoms with Gasteiger partial charge in [-0.3, -0.25) is 9.59 Å². The van der Waals surface area contributed by atoms with Gasteiger partial charge in [-0.05, 0) is 79.3 Å². The van der Waals surface area contributed by atoms with E-state index < -0.39 is 0 Å². The Labute approximate surface area is 208 Å². The molecule has 0 unspecified atom stereocenters. The van der Waals surface area contributed by atoms with Crippen molar-refractivity contribution in [3.05, 3.63) is 48.0 Å². The average molecular weight is 497 g/mol. The summed E-state index contributed by atoms with van der Waals surface area (Å²) < 4.78 is 13.1. The van der Waals surface area contributed by atoms with Gasteiger partial charge in [0.05, 0.1) is 12.3 Å². The Bertz CT molecular complexity index is 1180. The number of nitrogens with zero attached hydrogens (tertiary/aromatic N) is 5. The maximum atomic E-state index is 13.0. The second-order valence-corrected chi connectivity index (χ2v) is 8.68. The zero-order chi connectivity index (χ0) is 24.6. The van der Waals surface area contributed by atoms with E-state index in [1.165, 1.54) is 11.8 Å². The molecule has 0 radical (unpaired) electrons. The van der Waals surface area contributed by atoms with Crippen LogP contribution in [0.2, 0.25) is 0 Å². The monoisotopic (exact) mass is 496 g/mol. The highest BCUT2D eigenvalue weighted by Gasteiger charge is 2.19. The molecule has 1 aromatic heterocycles. The molecule has 4 rings (SSSR count). The average Bonchev–Trinajstić information content (AvgIpc) is 3.38. The van der Waals surface area contributed by atoms with Gasteiger partial charge >= 0.3 is 0 Å². The number of tetrazole rings is 1. The minimum absolute atomic E-state index is 0.0407. The maximum Gasteiger partial charge on any atom is 0.260 e. The predicted molar refractivity (Wildman–Crippen MR) is 132 cm³/mol. The van der Waals surface area contributed by atoms with Crippen LogP contribution in [0.1, 0.15) is 36.5 Å². The number of amides is 2. The van der Waals surface area contributed by atoms with E-state index in [0.717, 1.165) is 38.0 Å². The van der Waals surface area contributed by atoms with E-state index in [9.17, 15) is 9.59 Å². The molecule has 1 N–H and O–H groups in total. The number of nitrogens with one attached hydrogen (secondary N) is 1. The molecular weight excluding hydrogens is 468 g/mol. The molecule has 10 nitrogen and oxygen atoms in total. The van der Waals surface area contributed by atoms with Crippen molar-refractivity contribution in [3.8, 4) is 17.2 Å². The largest absolute Gasteiger partial charge is 0.490 e. The topological polar surface area (TPSA) is 111 Å². The summed E-state index contributed by atoms with van der Waals surface area (Å²) in [6.45, 7) is 3.73. The minimum atomic E-state index is -0.305. The van der Waals surface area contributed by atoms with E-state index in [1.807, 2.05) is 30.2 Å². The van der Waals surface area contributed by atoms with Crippen LogP contribution >= 0.6 is 11.8 Å². The van der Waals surface area contributed by atoms with Gasteiger partial charge in [0.15, 0.2) is 18.1 Å². The Kier molecular flexibility index (Phi) is 8.19. The lowest BCUT2D eigenvalue weighted by Crippen LogP contribution is -2.38. The van der Waals surface area contributed by atoms with Gasteiger partial charge in [-0.1, -0.05) is 17.8 Å². The van der Waals surface area contributed by atoms with Gasteiger partial charge in [0.2, 0.25) is 5.16 Å². The standard InChI is InChI=1S/C24H28N6O4S/c1-3-33-21-14-17(10-11-20(21)34-16-22(31)29-12-5-4-6-13-29)23(32)25-18-8-7-9-19(15-18)30-24(35-2)26-27-28-30/h7-11,14-15H,3-6,12-13,16H2,1-2H3,(H,25,32). The SMILES string of the molecule is CCOc1cc(C(=O)Nc2cccc(-n3nnnc3SC)c2)ccc1OCC(=O)N1CCCCC1. The van der Waals surface area contributed by atoms with Gasteiger partial charge in [0.25, 0.3) is 11.8 Å². The molecule has 0 atom stereocenters. The van der Waals surface area contributed by atoms with Crippen LogP contribution in [0.3, 0.4) is 0 Å². The summed E-state index contributed by atoms with van der Waals surface area (Å²) in [4.78, 5) is 27.2. The Morgan fingerprint density at radius 1 is 1.06 bits per heavy atom. The smallest absolute Gasteiger partial charge is 0.260 e.